The molecule has 0 bridgehead atoms. The van der Waals surface area contributed by atoms with E-state index in [-0.39, 0.29) is 58.6 Å². The number of allylic oxidation sites excluding steroid dienone is 6. The average molecular weight is 531 g/mol. The fraction of sp³-hybridized carbons (Fsp3) is 0.710. The third kappa shape index (κ3) is 16.1. The average Bonchev–Trinajstić information content (AvgIpc) is 2.80. The van der Waals surface area contributed by atoms with E-state index in [1.165, 1.54) is 41.6 Å². The van der Waals surface area contributed by atoms with Gasteiger partial charge in [0.15, 0.2) is 0 Å². The zero-order valence-electron chi connectivity index (χ0n) is 26.0. The van der Waals surface area contributed by atoms with Crippen molar-refractivity contribution in [2.75, 3.05) is 14.2 Å². The van der Waals surface area contributed by atoms with Crippen LogP contribution < -0.4 is 34.7 Å². The smallest absolute Gasteiger partial charge is 0.857 e. The Morgan fingerprint density at radius 1 is 0.946 bits per heavy atom. The van der Waals surface area contributed by atoms with E-state index >= 15 is 0 Å². The van der Waals surface area contributed by atoms with Crippen molar-refractivity contribution in [3.63, 3.8) is 0 Å². The molecule has 37 heavy (non-hydrogen) atoms. The molecule has 5 nitrogen and oxygen atoms in total. The molecule has 0 saturated carbocycles. The van der Waals surface area contributed by atoms with Crippen LogP contribution in [0.2, 0.25) is 0 Å². The number of hydrogen-bond acceptors (Lipinski definition) is 5. The second-order valence-electron chi connectivity index (χ2n) is 10.8. The van der Waals surface area contributed by atoms with Crippen LogP contribution in [0.15, 0.2) is 46.6 Å². The Morgan fingerprint density at radius 3 is 1.65 bits per heavy atom. The molecule has 0 spiro atoms. The van der Waals surface area contributed by atoms with Gasteiger partial charge in [0.1, 0.15) is 6.10 Å². The molecule has 0 unspecified atom stereocenters. The Hall–Kier alpha value is -0.690. The molecule has 210 valence electrons. The second-order valence-corrected chi connectivity index (χ2v) is 10.8. The summed E-state index contributed by atoms with van der Waals surface area (Å²) in [6, 6.07) is 0. The van der Waals surface area contributed by atoms with Crippen LogP contribution in [0.1, 0.15) is 107 Å². The maximum Gasteiger partial charge on any atom is 1.00 e. The van der Waals surface area contributed by atoms with Crippen molar-refractivity contribution in [1.82, 2.24) is 0 Å². The summed E-state index contributed by atoms with van der Waals surface area (Å²) in [6.45, 7) is 19.1. The fourth-order valence-electron chi connectivity index (χ4n) is 4.66. The fourth-order valence-corrected chi connectivity index (χ4v) is 4.66. The summed E-state index contributed by atoms with van der Waals surface area (Å²) >= 11 is 0. The maximum atomic E-state index is 11.2. The molecule has 2 aliphatic rings. The molecule has 0 aromatic rings. The maximum absolute atomic E-state index is 11.2. The Morgan fingerprint density at radius 2 is 1.32 bits per heavy atom. The van der Waals surface area contributed by atoms with Crippen LogP contribution in [0.5, 0.6) is 0 Å². The minimum Gasteiger partial charge on any atom is -0.857 e. The largest absolute Gasteiger partial charge is 1.00 e. The quantitative estimate of drug-likeness (QED) is 0.406. The molecule has 0 aliphatic heterocycles. The molecule has 0 aromatic carbocycles. The number of rotatable bonds is 6. The topological polar surface area (TPSA) is 89.8 Å². The van der Waals surface area contributed by atoms with Crippen LogP contribution in [0.25, 0.3) is 0 Å². The van der Waals surface area contributed by atoms with Crippen molar-refractivity contribution < 1.29 is 54.4 Å². The van der Waals surface area contributed by atoms with Gasteiger partial charge in [-0.2, -0.15) is 7.11 Å². The van der Waals surface area contributed by atoms with Gasteiger partial charge in [0.2, 0.25) is 0 Å². The van der Waals surface area contributed by atoms with Gasteiger partial charge in [-0.1, -0.05) is 70.1 Å². The van der Waals surface area contributed by atoms with Gasteiger partial charge >= 0.3 is 35.5 Å². The van der Waals surface area contributed by atoms with E-state index in [0.29, 0.717) is 6.42 Å². The van der Waals surface area contributed by atoms with Gasteiger partial charge < -0.3 is 20.1 Å². The minimum atomic E-state index is -0.229. The molecule has 2 atom stereocenters. The molecule has 2 rings (SSSR count). The molecule has 2 aliphatic carbocycles. The first-order valence-corrected chi connectivity index (χ1v) is 13.3. The Labute approximate surface area is 250 Å². The molecule has 6 heteroatoms. The van der Waals surface area contributed by atoms with Gasteiger partial charge in [0, 0.05) is 20.0 Å². The summed E-state index contributed by atoms with van der Waals surface area (Å²) < 4.78 is 5.29. The normalized spacial score (nSPS) is 21.1. The number of hydrogen-bond donors (Lipinski definition) is 2. The van der Waals surface area contributed by atoms with Crippen LogP contribution in [0.4, 0.5) is 0 Å². The Bertz CT molecular complexity index is 758. The van der Waals surface area contributed by atoms with Crippen LogP contribution in [-0.2, 0) is 9.53 Å². The number of carbonyl (C=O) groups is 1. The predicted molar refractivity (Wildman–Crippen MR) is 151 cm³/mol. The number of aliphatic hydroxyl groups is 2. The molecule has 0 saturated heterocycles. The Balaban J connectivity index is -0.000000548. The predicted octanol–water partition coefficient (Wildman–Crippen LogP) is 3.45. The SMILES string of the molecule is CC1=CCCC(C)(C)/C1=C/C[C@@H](C)O.CCC(=O)O[C@H](C)C/C=C1\C(C)=CCCC1(C)C.CO.C[O-].[Na+]. The molecule has 2 N–H and O–H groups in total. The van der Waals surface area contributed by atoms with Gasteiger partial charge in [-0.05, 0) is 81.8 Å². The van der Waals surface area contributed by atoms with Gasteiger partial charge in [0.25, 0.3) is 0 Å². The first-order chi connectivity index (χ1) is 16.8. The van der Waals surface area contributed by atoms with E-state index in [4.69, 9.17) is 14.9 Å². The third-order valence-electron chi connectivity index (χ3n) is 6.69. The van der Waals surface area contributed by atoms with Crippen molar-refractivity contribution in [3.05, 3.63) is 46.6 Å². The zero-order valence-corrected chi connectivity index (χ0v) is 28.0. The molecule has 0 fully saturated rings. The van der Waals surface area contributed by atoms with E-state index < -0.39 is 0 Å². The molecular weight excluding hydrogens is 475 g/mol. The second kappa shape index (κ2) is 21.2. The molecule has 0 aromatic heterocycles. The number of carbonyl (C=O) groups excluding carboxylic acids is 1. The van der Waals surface area contributed by atoms with Gasteiger partial charge in [0.05, 0.1) is 6.10 Å². The van der Waals surface area contributed by atoms with Gasteiger partial charge in [-0.3, -0.25) is 4.79 Å². The van der Waals surface area contributed by atoms with Gasteiger partial charge in [-0.25, -0.2) is 0 Å². The van der Waals surface area contributed by atoms with Crippen molar-refractivity contribution in [2.45, 2.75) is 119 Å². The van der Waals surface area contributed by atoms with Crippen molar-refractivity contribution in [2.24, 2.45) is 10.8 Å². The van der Waals surface area contributed by atoms with Crippen LogP contribution in [0.3, 0.4) is 0 Å². The molecule has 0 amide bonds. The summed E-state index contributed by atoms with van der Waals surface area (Å²) in [5.74, 6) is -0.115. The first-order valence-electron chi connectivity index (χ1n) is 13.3. The summed E-state index contributed by atoms with van der Waals surface area (Å²) in [6.07, 6.45) is 15.6. The van der Waals surface area contributed by atoms with Crippen molar-refractivity contribution in [1.29, 1.82) is 0 Å². The van der Waals surface area contributed by atoms with E-state index in [2.05, 4.69) is 65.8 Å². The molecule has 0 radical (unpaired) electrons. The van der Waals surface area contributed by atoms with E-state index in [1.54, 1.807) is 0 Å². The minimum absolute atomic E-state index is 0. The van der Waals surface area contributed by atoms with Crippen LogP contribution in [-0.4, -0.2) is 42.6 Å². The van der Waals surface area contributed by atoms with Crippen LogP contribution >= 0.6 is 0 Å². The molecule has 0 heterocycles. The van der Waals surface area contributed by atoms with Crippen LogP contribution in [0, 0.1) is 10.8 Å². The monoisotopic (exact) mass is 530 g/mol. The Kier molecular flexibility index (Phi) is 23.3. The number of esters is 1. The summed E-state index contributed by atoms with van der Waals surface area (Å²) in [4.78, 5) is 11.2. The number of ether oxygens (including phenoxy) is 1. The van der Waals surface area contributed by atoms with Crippen molar-refractivity contribution >= 4 is 5.97 Å². The van der Waals surface area contributed by atoms with E-state index in [1.807, 2.05) is 20.8 Å². The van der Waals surface area contributed by atoms with Crippen molar-refractivity contribution in [3.8, 4) is 0 Å². The summed E-state index contributed by atoms with van der Waals surface area (Å²) in [5, 5.41) is 24.5. The standard InChI is InChI=1S/C16H26O2.C13H22O.CH4O.CH3O.Na/c1-6-15(17)18-13(3)9-10-14-12(2)8-7-11-16(14,4)5;1-10-6-5-9-13(3,4)12(10)8-7-11(2)14;2*1-2;/h8,10,13H,6-7,9,11H2,1-5H3;6,8,11,14H,5,7,9H2,1-4H3;2H,1H3;1H3;/q;;;-1;+1/b14-10+;12-8+;;;/t13-;11-;;;/m11.../s1. The molecular formula is C31H55NaO5. The summed E-state index contributed by atoms with van der Waals surface area (Å²) in [7, 11) is 1.75. The third-order valence-corrected chi connectivity index (χ3v) is 6.69. The van der Waals surface area contributed by atoms with E-state index in [0.717, 1.165) is 33.5 Å². The first kappa shape index (κ1) is 40.8. The number of aliphatic hydroxyl groups excluding tert-OH is 2. The zero-order chi connectivity index (χ0) is 28.5. The van der Waals surface area contributed by atoms with E-state index in [9.17, 15) is 9.90 Å². The van der Waals surface area contributed by atoms with Gasteiger partial charge in [-0.15, -0.1) is 0 Å². The summed E-state index contributed by atoms with van der Waals surface area (Å²) in [5.41, 5.74) is 6.13.